The van der Waals surface area contributed by atoms with Crippen molar-refractivity contribution in [1.82, 2.24) is 14.7 Å². The third-order valence-electron chi connectivity index (χ3n) is 6.48. The van der Waals surface area contributed by atoms with Crippen molar-refractivity contribution < 1.29 is 4.79 Å². The lowest BCUT2D eigenvalue weighted by Gasteiger charge is -2.34. The summed E-state index contributed by atoms with van der Waals surface area (Å²) in [6, 6.07) is 11.5. The second-order valence-electron chi connectivity index (χ2n) is 8.67. The number of anilines is 1. The van der Waals surface area contributed by atoms with Crippen LogP contribution in [0.1, 0.15) is 55.4 Å². The van der Waals surface area contributed by atoms with Crippen molar-refractivity contribution in [2.24, 2.45) is 5.92 Å². The summed E-state index contributed by atoms with van der Waals surface area (Å²) in [7, 11) is 0. The minimum Gasteiger partial charge on any atom is -0.307 e. The zero-order valence-electron chi connectivity index (χ0n) is 17.9. The number of aromatic nitrogens is 2. The van der Waals surface area contributed by atoms with Crippen molar-refractivity contribution in [2.45, 2.75) is 45.1 Å². The number of rotatable bonds is 6. The number of amides is 1. The number of carbonyl (C=O) groups is 1. The third-order valence-corrected chi connectivity index (χ3v) is 6.48. The molecule has 2 heterocycles. The molecule has 30 heavy (non-hydrogen) atoms. The van der Waals surface area contributed by atoms with Gasteiger partial charge in [-0.3, -0.25) is 9.69 Å². The van der Waals surface area contributed by atoms with Gasteiger partial charge in [0.2, 0.25) is 0 Å². The average molecular weight is 405 g/mol. The van der Waals surface area contributed by atoms with Crippen molar-refractivity contribution in [3.8, 4) is 0 Å². The van der Waals surface area contributed by atoms with Gasteiger partial charge in [-0.1, -0.05) is 42.0 Å². The molecule has 1 aliphatic carbocycles. The second kappa shape index (κ2) is 9.43. The first-order valence-corrected chi connectivity index (χ1v) is 11.1. The highest BCUT2D eigenvalue weighted by Gasteiger charge is 2.24. The van der Waals surface area contributed by atoms with Crippen LogP contribution in [0, 0.1) is 5.92 Å². The van der Waals surface area contributed by atoms with E-state index in [-0.39, 0.29) is 5.91 Å². The Bertz CT molecular complexity index is 906. The van der Waals surface area contributed by atoms with Crippen LogP contribution in [0.25, 0.3) is 0 Å². The Balaban J connectivity index is 1.30. The van der Waals surface area contributed by atoms with Gasteiger partial charge in [0.1, 0.15) is 5.82 Å². The normalized spacial score (nSPS) is 20.6. The molecule has 0 radical (unpaired) electrons. The molecule has 1 aliphatic heterocycles. The zero-order valence-corrected chi connectivity index (χ0v) is 17.9. The van der Waals surface area contributed by atoms with E-state index in [9.17, 15) is 4.79 Å². The third kappa shape index (κ3) is 4.90. The summed E-state index contributed by atoms with van der Waals surface area (Å²) in [5, 5.41) is 7.54. The molecule has 2 aliphatic rings. The van der Waals surface area contributed by atoms with Crippen LogP contribution in [-0.4, -0.2) is 40.2 Å². The summed E-state index contributed by atoms with van der Waals surface area (Å²) in [6.45, 7) is 9.50. The molecule has 5 nitrogen and oxygen atoms in total. The minimum absolute atomic E-state index is 0.0907. The van der Waals surface area contributed by atoms with Crippen LogP contribution in [-0.2, 0) is 0 Å². The minimum atomic E-state index is -0.0907. The number of likely N-dealkylation sites (tertiary alicyclic amines) is 1. The fraction of sp³-hybridized carbons (Fsp3) is 0.440. The van der Waals surface area contributed by atoms with E-state index in [1.165, 1.54) is 18.4 Å². The first-order chi connectivity index (χ1) is 14.6. The number of nitrogens with one attached hydrogen (secondary N) is 1. The molecule has 1 N–H and O–H groups in total. The molecule has 1 fully saturated rings. The molecule has 1 saturated heterocycles. The van der Waals surface area contributed by atoms with Crippen molar-refractivity contribution in [3.05, 3.63) is 72.0 Å². The summed E-state index contributed by atoms with van der Waals surface area (Å²) >= 11 is 0. The van der Waals surface area contributed by atoms with Gasteiger partial charge in [0, 0.05) is 31.3 Å². The van der Waals surface area contributed by atoms with Gasteiger partial charge < -0.3 is 5.32 Å². The standard InChI is InChI=1S/C25H32N4O/c1-19(2)21-10-8-20(9-11-21)18-28-16-13-23(14-17-28)29-24(12-15-26-29)27-25(30)22-6-4-3-5-7-22/h3-8,12,15,21,23H,1,9-11,13-14,16-18H2,2H3,(H,27,30)/t21-/m1/s1. The number of carbonyl (C=O) groups excluding carboxylic acids is 1. The number of nitrogens with zero attached hydrogens (tertiary/aromatic N) is 3. The monoisotopic (exact) mass is 404 g/mol. The lowest BCUT2D eigenvalue weighted by atomic mass is 9.85. The molecule has 0 bridgehead atoms. The highest BCUT2D eigenvalue weighted by molar-refractivity contribution is 6.03. The van der Waals surface area contributed by atoms with E-state index in [1.54, 1.807) is 11.8 Å². The quantitative estimate of drug-likeness (QED) is 0.684. The van der Waals surface area contributed by atoms with E-state index in [4.69, 9.17) is 0 Å². The van der Waals surface area contributed by atoms with E-state index in [2.05, 4.69) is 34.9 Å². The molecule has 2 aromatic rings. The summed E-state index contributed by atoms with van der Waals surface area (Å²) < 4.78 is 2.00. The Kier molecular flexibility index (Phi) is 6.48. The van der Waals surface area contributed by atoms with Crippen molar-refractivity contribution >= 4 is 11.7 Å². The van der Waals surface area contributed by atoms with Crippen LogP contribution in [0.2, 0.25) is 0 Å². The van der Waals surface area contributed by atoms with Gasteiger partial charge in [-0.2, -0.15) is 5.10 Å². The molecular formula is C25H32N4O. The summed E-state index contributed by atoms with van der Waals surface area (Å²) in [5.41, 5.74) is 3.57. The van der Waals surface area contributed by atoms with Gasteiger partial charge >= 0.3 is 0 Å². The largest absolute Gasteiger partial charge is 0.307 e. The molecule has 158 valence electrons. The molecule has 0 unspecified atom stereocenters. The maximum atomic E-state index is 12.5. The molecule has 0 spiro atoms. The van der Waals surface area contributed by atoms with Gasteiger partial charge in [0.15, 0.2) is 0 Å². The summed E-state index contributed by atoms with van der Waals surface area (Å²) in [5.74, 6) is 1.36. The lowest BCUT2D eigenvalue weighted by Crippen LogP contribution is -2.36. The Morgan fingerprint density at radius 2 is 1.93 bits per heavy atom. The number of allylic oxidation sites excluding steroid dienone is 2. The number of hydrogen-bond acceptors (Lipinski definition) is 3. The molecule has 1 amide bonds. The Morgan fingerprint density at radius 1 is 1.17 bits per heavy atom. The van der Waals surface area contributed by atoms with E-state index in [1.807, 2.05) is 41.1 Å². The van der Waals surface area contributed by atoms with Crippen LogP contribution in [0.15, 0.2) is 66.4 Å². The topological polar surface area (TPSA) is 50.2 Å². The van der Waals surface area contributed by atoms with Gasteiger partial charge in [-0.25, -0.2) is 4.68 Å². The molecule has 5 heteroatoms. The highest BCUT2D eigenvalue weighted by atomic mass is 16.1. The number of hydrogen-bond donors (Lipinski definition) is 1. The van der Waals surface area contributed by atoms with Crippen LogP contribution in [0.4, 0.5) is 5.82 Å². The van der Waals surface area contributed by atoms with Gasteiger partial charge in [0.25, 0.3) is 5.91 Å². The molecule has 0 saturated carbocycles. The van der Waals surface area contributed by atoms with Crippen molar-refractivity contribution in [1.29, 1.82) is 0 Å². The first kappa shape index (κ1) is 20.6. The predicted molar refractivity (Wildman–Crippen MR) is 122 cm³/mol. The summed E-state index contributed by atoms with van der Waals surface area (Å²) in [6.07, 6.45) is 9.92. The predicted octanol–water partition coefficient (Wildman–Crippen LogP) is 5.07. The van der Waals surface area contributed by atoms with E-state index < -0.39 is 0 Å². The Morgan fingerprint density at radius 3 is 2.60 bits per heavy atom. The average Bonchev–Trinajstić information content (AvgIpc) is 3.23. The Hall–Kier alpha value is -2.66. The van der Waals surface area contributed by atoms with E-state index in [0.717, 1.165) is 44.7 Å². The maximum Gasteiger partial charge on any atom is 0.256 e. The maximum absolute atomic E-state index is 12.5. The molecule has 1 aromatic heterocycles. The van der Waals surface area contributed by atoms with Crippen LogP contribution >= 0.6 is 0 Å². The number of piperidine rings is 1. The lowest BCUT2D eigenvalue weighted by molar-refractivity contribution is 0.102. The fourth-order valence-electron chi connectivity index (χ4n) is 4.57. The Labute approximate surface area is 179 Å². The molecule has 1 aromatic carbocycles. The fourth-order valence-corrected chi connectivity index (χ4v) is 4.57. The molecule has 1 atom stereocenters. The number of benzene rings is 1. The first-order valence-electron chi connectivity index (χ1n) is 11.1. The van der Waals surface area contributed by atoms with E-state index in [0.29, 0.717) is 17.5 Å². The molecule has 4 rings (SSSR count). The smallest absolute Gasteiger partial charge is 0.256 e. The second-order valence-corrected chi connectivity index (χ2v) is 8.67. The van der Waals surface area contributed by atoms with E-state index >= 15 is 0 Å². The van der Waals surface area contributed by atoms with Gasteiger partial charge in [-0.05, 0) is 57.1 Å². The zero-order chi connectivity index (χ0) is 20.9. The van der Waals surface area contributed by atoms with Gasteiger partial charge in [-0.15, -0.1) is 0 Å². The SMILES string of the molecule is C=C(C)[C@@H]1CC=C(CN2CCC(n3nccc3NC(=O)c3ccccc3)CC2)CC1. The van der Waals surface area contributed by atoms with Crippen LogP contribution in [0.5, 0.6) is 0 Å². The van der Waals surface area contributed by atoms with Crippen LogP contribution in [0.3, 0.4) is 0 Å². The van der Waals surface area contributed by atoms with Crippen molar-refractivity contribution in [2.75, 3.05) is 25.0 Å². The van der Waals surface area contributed by atoms with Gasteiger partial charge in [0.05, 0.1) is 12.2 Å². The highest BCUT2D eigenvalue weighted by Crippen LogP contribution is 2.30. The van der Waals surface area contributed by atoms with Crippen LogP contribution < -0.4 is 5.32 Å². The van der Waals surface area contributed by atoms with Crippen molar-refractivity contribution in [3.63, 3.8) is 0 Å². The molecular weight excluding hydrogens is 372 g/mol. The summed E-state index contributed by atoms with van der Waals surface area (Å²) in [4.78, 5) is 15.1.